The van der Waals surface area contributed by atoms with Gasteiger partial charge in [-0.15, -0.1) is 0 Å². The van der Waals surface area contributed by atoms with Gasteiger partial charge in [-0.05, 0) is 43.3 Å². The predicted molar refractivity (Wildman–Crippen MR) is 75.4 cm³/mol. The highest BCUT2D eigenvalue weighted by Crippen LogP contribution is 2.20. The maximum absolute atomic E-state index is 12.1. The second-order valence-electron chi connectivity index (χ2n) is 4.26. The zero-order valence-electron chi connectivity index (χ0n) is 11.1. The van der Waals surface area contributed by atoms with Crippen molar-refractivity contribution in [3.8, 4) is 11.8 Å². The van der Waals surface area contributed by atoms with E-state index in [1.54, 1.807) is 12.1 Å². The Balaban J connectivity index is 2.30. The molecule has 2 aromatic rings. The molecule has 0 radical (unpaired) electrons. The molecule has 0 heterocycles. The van der Waals surface area contributed by atoms with Crippen molar-refractivity contribution >= 4 is 15.9 Å². The van der Waals surface area contributed by atoms with Crippen LogP contribution in [-0.2, 0) is 10.1 Å². The van der Waals surface area contributed by atoms with Crippen molar-refractivity contribution < 1.29 is 17.4 Å². The van der Waals surface area contributed by atoms with Gasteiger partial charge in [0.1, 0.15) is 10.6 Å². The third-order valence-electron chi connectivity index (χ3n) is 2.72. The maximum atomic E-state index is 12.1. The van der Waals surface area contributed by atoms with Gasteiger partial charge < -0.3 is 4.18 Å². The minimum absolute atomic E-state index is 0.0604. The zero-order valence-corrected chi connectivity index (χ0v) is 11.9. The number of rotatable bonds is 4. The van der Waals surface area contributed by atoms with Crippen molar-refractivity contribution in [1.82, 2.24) is 0 Å². The van der Waals surface area contributed by atoms with Crippen LogP contribution in [0.4, 0.5) is 0 Å². The van der Waals surface area contributed by atoms with Gasteiger partial charge in [-0.1, -0.05) is 12.1 Å². The molecule has 0 atom stereocenters. The van der Waals surface area contributed by atoms with Crippen molar-refractivity contribution in [3.63, 3.8) is 0 Å². The van der Waals surface area contributed by atoms with E-state index in [2.05, 4.69) is 0 Å². The van der Waals surface area contributed by atoms with Gasteiger partial charge in [0.05, 0.1) is 11.6 Å². The van der Waals surface area contributed by atoms with Gasteiger partial charge in [0.25, 0.3) is 0 Å². The van der Waals surface area contributed by atoms with E-state index in [1.807, 2.05) is 6.07 Å². The molecule has 2 rings (SSSR count). The summed E-state index contributed by atoms with van der Waals surface area (Å²) in [5.74, 6) is -0.122. The second kappa shape index (κ2) is 5.77. The Labute approximate surface area is 122 Å². The molecule has 21 heavy (non-hydrogen) atoms. The fraction of sp³-hybridized carbons (Fsp3) is 0.0667. The second-order valence-corrected chi connectivity index (χ2v) is 5.80. The summed E-state index contributed by atoms with van der Waals surface area (Å²) in [4.78, 5) is 11.2. The van der Waals surface area contributed by atoms with Crippen LogP contribution in [0.5, 0.6) is 5.75 Å². The summed E-state index contributed by atoms with van der Waals surface area (Å²) in [6, 6.07) is 13.2. The van der Waals surface area contributed by atoms with Crippen LogP contribution in [-0.4, -0.2) is 14.2 Å². The van der Waals surface area contributed by atoms with Gasteiger partial charge in [-0.3, -0.25) is 4.79 Å². The van der Waals surface area contributed by atoms with Gasteiger partial charge >= 0.3 is 10.1 Å². The Kier molecular flexibility index (Phi) is 4.05. The van der Waals surface area contributed by atoms with Gasteiger partial charge in [0.15, 0.2) is 5.78 Å². The Morgan fingerprint density at radius 3 is 2.38 bits per heavy atom. The predicted octanol–water partition coefficient (Wildman–Crippen LogP) is 2.53. The molecule has 0 N–H and O–H groups in total. The zero-order chi connectivity index (χ0) is 15.5. The number of nitrogens with zero attached hydrogens (tertiary/aromatic N) is 1. The molecular weight excluding hydrogens is 290 g/mol. The van der Waals surface area contributed by atoms with E-state index in [1.165, 1.54) is 43.3 Å². The number of benzene rings is 2. The summed E-state index contributed by atoms with van der Waals surface area (Å²) in [6.07, 6.45) is 0. The Morgan fingerprint density at radius 1 is 1.14 bits per heavy atom. The van der Waals surface area contributed by atoms with Crippen LogP contribution in [0.3, 0.4) is 0 Å². The van der Waals surface area contributed by atoms with Crippen LogP contribution in [0.15, 0.2) is 53.4 Å². The fourth-order valence-electron chi connectivity index (χ4n) is 1.64. The lowest BCUT2D eigenvalue weighted by atomic mass is 10.1. The summed E-state index contributed by atoms with van der Waals surface area (Å²) in [5, 5.41) is 8.69. The van der Waals surface area contributed by atoms with E-state index in [0.29, 0.717) is 11.1 Å². The number of hydrogen-bond acceptors (Lipinski definition) is 5. The van der Waals surface area contributed by atoms with Crippen LogP contribution < -0.4 is 4.18 Å². The average Bonchev–Trinajstić information content (AvgIpc) is 2.47. The maximum Gasteiger partial charge on any atom is 0.339 e. The summed E-state index contributed by atoms with van der Waals surface area (Å²) in [5.41, 5.74) is 0.718. The molecule has 0 saturated carbocycles. The molecule has 0 aliphatic carbocycles. The molecule has 0 aliphatic heterocycles. The molecule has 106 valence electrons. The number of nitriles is 1. The van der Waals surface area contributed by atoms with E-state index in [4.69, 9.17) is 9.44 Å². The van der Waals surface area contributed by atoms with Crippen LogP contribution in [0.2, 0.25) is 0 Å². The first-order valence-electron chi connectivity index (χ1n) is 5.98. The Hall–Kier alpha value is -2.65. The third-order valence-corrected chi connectivity index (χ3v) is 3.98. The number of carbonyl (C=O) groups is 1. The molecule has 0 unspecified atom stereocenters. The monoisotopic (exact) mass is 301 g/mol. The van der Waals surface area contributed by atoms with Gasteiger partial charge in [-0.25, -0.2) is 0 Å². The Bertz CT molecular complexity index is 817. The largest absolute Gasteiger partial charge is 0.379 e. The molecule has 2 aromatic carbocycles. The smallest absolute Gasteiger partial charge is 0.339 e. The third kappa shape index (κ3) is 3.46. The standard InChI is InChI=1S/C15H11NO4S/c1-11(17)13-3-2-4-14(9-13)20-21(18,19)15-7-5-12(10-16)6-8-15/h2-9H,1H3. The Morgan fingerprint density at radius 2 is 1.81 bits per heavy atom. The first-order valence-corrected chi connectivity index (χ1v) is 7.39. The topological polar surface area (TPSA) is 84.2 Å². The van der Waals surface area contributed by atoms with Crippen LogP contribution in [0.25, 0.3) is 0 Å². The number of ketones is 1. The minimum atomic E-state index is -4.00. The lowest BCUT2D eigenvalue weighted by Gasteiger charge is -2.07. The highest BCUT2D eigenvalue weighted by molar-refractivity contribution is 7.87. The highest BCUT2D eigenvalue weighted by Gasteiger charge is 2.17. The molecule has 5 nitrogen and oxygen atoms in total. The quantitative estimate of drug-likeness (QED) is 0.640. The van der Waals surface area contributed by atoms with Crippen molar-refractivity contribution in [3.05, 3.63) is 59.7 Å². The molecule has 0 bridgehead atoms. The first kappa shape index (κ1) is 14.8. The fourth-order valence-corrected chi connectivity index (χ4v) is 2.56. The molecule has 0 spiro atoms. The van der Waals surface area contributed by atoms with E-state index >= 15 is 0 Å². The van der Waals surface area contributed by atoms with Crippen molar-refractivity contribution in [1.29, 1.82) is 5.26 Å². The molecule has 0 aromatic heterocycles. The summed E-state index contributed by atoms with van der Waals surface area (Å²) in [7, 11) is -4.00. The molecule has 0 aliphatic rings. The molecule has 0 fully saturated rings. The minimum Gasteiger partial charge on any atom is -0.379 e. The molecular formula is C15H11NO4S. The lowest BCUT2D eigenvalue weighted by Crippen LogP contribution is -2.10. The van der Waals surface area contributed by atoms with E-state index in [0.717, 1.165) is 0 Å². The van der Waals surface area contributed by atoms with Gasteiger partial charge in [-0.2, -0.15) is 13.7 Å². The molecule has 0 saturated heterocycles. The SMILES string of the molecule is CC(=O)c1cccc(OS(=O)(=O)c2ccc(C#N)cc2)c1. The summed E-state index contributed by atoms with van der Waals surface area (Å²) >= 11 is 0. The lowest BCUT2D eigenvalue weighted by molar-refractivity contribution is 0.101. The van der Waals surface area contributed by atoms with Crippen molar-refractivity contribution in [2.24, 2.45) is 0 Å². The first-order chi connectivity index (χ1) is 9.92. The van der Waals surface area contributed by atoms with E-state index in [9.17, 15) is 13.2 Å². The number of Topliss-reactive ketones (excluding diaryl/α,β-unsaturated/α-hetero) is 1. The van der Waals surface area contributed by atoms with E-state index in [-0.39, 0.29) is 16.4 Å². The van der Waals surface area contributed by atoms with Gasteiger partial charge in [0, 0.05) is 5.56 Å². The van der Waals surface area contributed by atoms with Crippen LogP contribution >= 0.6 is 0 Å². The number of hydrogen-bond donors (Lipinski definition) is 0. The summed E-state index contributed by atoms with van der Waals surface area (Å²) in [6.45, 7) is 1.38. The summed E-state index contributed by atoms with van der Waals surface area (Å²) < 4.78 is 29.2. The van der Waals surface area contributed by atoms with Crippen molar-refractivity contribution in [2.75, 3.05) is 0 Å². The van der Waals surface area contributed by atoms with Gasteiger partial charge in [0.2, 0.25) is 0 Å². The van der Waals surface area contributed by atoms with Crippen molar-refractivity contribution in [2.45, 2.75) is 11.8 Å². The van der Waals surface area contributed by atoms with Crippen LogP contribution in [0, 0.1) is 11.3 Å². The molecule has 0 amide bonds. The normalized spacial score (nSPS) is 10.7. The average molecular weight is 301 g/mol. The number of carbonyl (C=O) groups excluding carboxylic acids is 1. The van der Waals surface area contributed by atoms with E-state index < -0.39 is 10.1 Å². The van der Waals surface area contributed by atoms with Crippen LogP contribution in [0.1, 0.15) is 22.8 Å². The molecule has 6 heteroatoms. The highest BCUT2D eigenvalue weighted by atomic mass is 32.2.